The van der Waals surface area contributed by atoms with Crippen LogP contribution in [0.15, 0.2) is 77.9 Å². The highest BCUT2D eigenvalue weighted by atomic mass is 79.9. The summed E-state index contributed by atoms with van der Waals surface area (Å²) in [5.41, 5.74) is 2.21. The van der Waals surface area contributed by atoms with Gasteiger partial charge in [0.05, 0.1) is 28.7 Å². The first-order chi connectivity index (χ1) is 17.3. The summed E-state index contributed by atoms with van der Waals surface area (Å²) in [7, 11) is 1.59. The maximum Gasteiger partial charge on any atom is 0.282 e. The minimum Gasteiger partial charge on any atom is -0.493 e. The molecule has 1 atom stereocenters. The van der Waals surface area contributed by atoms with Gasteiger partial charge in [-0.1, -0.05) is 57.8 Å². The second-order valence-corrected chi connectivity index (χ2v) is 10.9. The summed E-state index contributed by atoms with van der Waals surface area (Å²) in [6, 6.07) is 17.1. The SMILES string of the molecule is CC[C@@H](C)c1nc2ccc(Br)cc2c(=O)n1N=Cc1cc(Br)c(OCc2ccc(Br)cc2)c(OC)c1. The average molecular weight is 678 g/mol. The molecule has 36 heavy (non-hydrogen) atoms. The first-order valence-corrected chi connectivity index (χ1v) is 13.7. The molecule has 0 saturated heterocycles. The highest BCUT2D eigenvalue weighted by Crippen LogP contribution is 2.37. The number of hydrogen-bond acceptors (Lipinski definition) is 5. The van der Waals surface area contributed by atoms with E-state index in [1.807, 2.05) is 55.5 Å². The molecule has 0 aliphatic rings. The van der Waals surface area contributed by atoms with Crippen molar-refractivity contribution in [2.45, 2.75) is 32.8 Å². The lowest BCUT2D eigenvalue weighted by molar-refractivity contribution is 0.282. The van der Waals surface area contributed by atoms with Crippen LogP contribution in [0.25, 0.3) is 10.9 Å². The van der Waals surface area contributed by atoms with Crippen LogP contribution in [0.1, 0.15) is 43.1 Å². The first-order valence-electron chi connectivity index (χ1n) is 11.3. The van der Waals surface area contributed by atoms with E-state index in [4.69, 9.17) is 14.5 Å². The van der Waals surface area contributed by atoms with Crippen molar-refractivity contribution in [2.75, 3.05) is 7.11 Å². The van der Waals surface area contributed by atoms with Gasteiger partial charge in [-0.2, -0.15) is 9.78 Å². The van der Waals surface area contributed by atoms with Gasteiger partial charge in [-0.15, -0.1) is 0 Å². The van der Waals surface area contributed by atoms with Crippen molar-refractivity contribution in [1.82, 2.24) is 9.66 Å². The van der Waals surface area contributed by atoms with E-state index >= 15 is 0 Å². The summed E-state index contributed by atoms with van der Waals surface area (Å²) in [5.74, 6) is 1.82. The van der Waals surface area contributed by atoms with E-state index in [1.165, 1.54) is 4.68 Å². The Morgan fingerprint density at radius 1 is 1.06 bits per heavy atom. The van der Waals surface area contributed by atoms with Gasteiger partial charge in [0.2, 0.25) is 0 Å². The zero-order valence-electron chi connectivity index (χ0n) is 20.0. The molecule has 1 heterocycles. The van der Waals surface area contributed by atoms with Crippen LogP contribution >= 0.6 is 47.8 Å². The minimum atomic E-state index is -0.215. The van der Waals surface area contributed by atoms with Crippen molar-refractivity contribution >= 4 is 64.9 Å². The van der Waals surface area contributed by atoms with Crippen LogP contribution in [0.4, 0.5) is 0 Å². The molecule has 4 aromatic rings. The van der Waals surface area contributed by atoms with Crippen LogP contribution in [0, 0.1) is 0 Å². The lowest BCUT2D eigenvalue weighted by atomic mass is 10.1. The Bertz CT molecular complexity index is 1480. The fourth-order valence-electron chi connectivity index (χ4n) is 3.59. The van der Waals surface area contributed by atoms with E-state index in [0.717, 1.165) is 31.0 Å². The number of methoxy groups -OCH3 is 1. The molecule has 0 spiro atoms. The predicted molar refractivity (Wildman–Crippen MR) is 155 cm³/mol. The number of rotatable bonds is 8. The van der Waals surface area contributed by atoms with Crippen molar-refractivity contribution in [1.29, 1.82) is 0 Å². The predicted octanol–water partition coefficient (Wildman–Crippen LogP) is 7.67. The Balaban J connectivity index is 1.69. The van der Waals surface area contributed by atoms with Gasteiger partial charge in [0, 0.05) is 14.9 Å². The van der Waals surface area contributed by atoms with Gasteiger partial charge in [-0.25, -0.2) is 4.98 Å². The zero-order valence-corrected chi connectivity index (χ0v) is 24.7. The Labute approximate surface area is 234 Å². The fraction of sp³-hybridized carbons (Fsp3) is 0.222. The first kappa shape index (κ1) is 26.6. The van der Waals surface area contributed by atoms with Crippen molar-refractivity contribution < 1.29 is 9.47 Å². The maximum atomic E-state index is 13.4. The molecule has 1 aromatic heterocycles. The van der Waals surface area contributed by atoms with E-state index in [0.29, 0.717) is 34.8 Å². The zero-order chi connectivity index (χ0) is 25.8. The molecule has 9 heteroatoms. The number of ether oxygens (including phenoxy) is 2. The molecule has 0 unspecified atom stereocenters. The number of nitrogens with zero attached hydrogens (tertiary/aromatic N) is 3. The van der Waals surface area contributed by atoms with Crippen molar-refractivity contribution in [3.05, 3.63) is 95.3 Å². The number of hydrogen-bond donors (Lipinski definition) is 0. The Morgan fingerprint density at radius 3 is 2.47 bits per heavy atom. The van der Waals surface area contributed by atoms with Crippen LogP contribution in [0.2, 0.25) is 0 Å². The third-order valence-electron chi connectivity index (χ3n) is 5.76. The highest BCUT2D eigenvalue weighted by Gasteiger charge is 2.16. The van der Waals surface area contributed by atoms with Crippen LogP contribution < -0.4 is 15.0 Å². The molecular weight excluding hydrogens is 654 g/mol. The molecule has 0 bridgehead atoms. The smallest absolute Gasteiger partial charge is 0.282 e. The molecule has 0 N–H and O–H groups in total. The van der Waals surface area contributed by atoms with Gasteiger partial charge >= 0.3 is 0 Å². The fourth-order valence-corrected chi connectivity index (χ4v) is 4.79. The van der Waals surface area contributed by atoms with Gasteiger partial charge in [-0.3, -0.25) is 4.79 Å². The summed E-state index contributed by atoms with van der Waals surface area (Å²) in [4.78, 5) is 18.1. The molecule has 0 saturated carbocycles. The molecule has 3 aromatic carbocycles. The lowest BCUT2D eigenvalue weighted by Crippen LogP contribution is -2.23. The summed E-state index contributed by atoms with van der Waals surface area (Å²) < 4.78 is 15.6. The van der Waals surface area contributed by atoms with Crippen molar-refractivity contribution in [2.24, 2.45) is 5.10 Å². The summed E-state index contributed by atoms with van der Waals surface area (Å²) in [6.07, 6.45) is 2.46. The van der Waals surface area contributed by atoms with Gasteiger partial charge in [0.1, 0.15) is 12.4 Å². The number of fused-ring (bicyclic) bond motifs is 1. The van der Waals surface area contributed by atoms with E-state index in [-0.39, 0.29) is 11.5 Å². The van der Waals surface area contributed by atoms with E-state index in [2.05, 4.69) is 59.8 Å². The van der Waals surface area contributed by atoms with Crippen LogP contribution in [-0.2, 0) is 6.61 Å². The van der Waals surface area contributed by atoms with Gasteiger partial charge in [0.15, 0.2) is 11.5 Å². The molecule has 0 amide bonds. The molecule has 186 valence electrons. The van der Waals surface area contributed by atoms with E-state index < -0.39 is 0 Å². The molecular formula is C27H24Br3N3O3. The average Bonchev–Trinajstić information content (AvgIpc) is 2.87. The maximum absolute atomic E-state index is 13.4. The van der Waals surface area contributed by atoms with E-state index in [9.17, 15) is 4.79 Å². The van der Waals surface area contributed by atoms with Crippen molar-refractivity contribution in [3.8, 4) is 11.5 Å². The van der Waals surface area contributed by atoms with Crippen LogP contribution in [-0.4, -0.2) is 23.0 Å². The number of benzene rings is 3. The largest absolute Gasteiger partial charge is 0.493 e. The summed E-state index contributed by atoms with van der Waals surface area (Å²) in [6.45, 7) is 4.49. The quantitative estimate of drug-likeness (QED) is 0.180. The molecule has 0 aliphatic heterocycles. The number of aromatic nitrogens is 2. The molecule has 0 radical (unpaired) electrons. The van der Waals surface area contributed by atoms with Crippen molar-refractivity contribution in [3.63, 3.8) is 0 Å². The van der Waals surface area contributed by atoms with E-state index in [1.54, 1.807) is 19.4 Å². The molecule has 6 nitrogen and oxygen atoms in total. The third kappa shape index (κ3) is 5.90. The monoisotopic (exact) mass is 675 g/mol. The number of halogens is 3. The van der Waals surface area contributed by atoms with Crippen LogP contribution in [0.5, 0.6) is 11.5 Å². The second kappa shape index (κ2) is 11.7. The summed E-state index contributed by atoms with van der Waals surface area (Å²) >= 11 is 10.5. The summed E-state index contributed by atoms with van der Waals surface area (Å²) in [5, 5.41) is 5.06. The second-order valence-electron chi connectivity index (χ2n) is 8.25. The Morgan fingerprint density at radius 2 is 1.78 bits per heavy atom. The molecule has 4 rings (SSSR count). The molecule has 0 fully saturated rings. The topological polar surface area (TPSA) is 65.7 Å². The Kier molecular flexibility index (Phi) is 8.64. The highest BCUT2D eigenvalue weighted by molar-refractivity contribution is 9.11. The van der Waals surface area contributed by atoms with Gasteiger partial charge in [0.25, 0.3) is 5.56 Å². The van der Waals surface area contributed by atoms with Gasteiger partial charge < -0.3 is 9.47 Å². The minimum absolute atomic E-state index is 0.0542. The van der Waals surface area contributed by atoms with Gasteiger partial charge in [-0.05, 0) is 75.9 Å². The third-order valence-corrected chi connectivity index (χ3v) is 7.37. The standard InChI is InChI=1S/C27H24Br3N3O3/c1-4-16(2)26-32-23-10-9-20(29)13-21(23)27(34)33(26)31-14-18-11-22(30)25(24(12-18)35-3)36-15-17-5-7-19(28)8-6-17/h5-14,16H,4,15H2,1-3H3/t16-/m1/s1. The Hall–Kier alpha value is -2.49. The van der Waals surface area contributed by atoms with Crippen LogP contribution in [0.3, 0.4) is 0 Å². The molecule has 0 aliphatic carbocycles. The normalized spacial score (nSPS) is 12.3. The lowest BCUT2D eigenvalue weighted by Gasteiger charge is -2.15.